The van der Waals surface area contributed by atoms with Gasteiger partial charge < -0.3 is 9.64 Å². The standard InChI is InChI=1S/C13H19ClN2O/c1-9-6-10(2)15-13(12(9)7-14)16-4-5-17-11(3)8-16/h6,11H,4-5,7-8H2,1-3H3. The van der Waals surface area contributed by atoms with E-state index in [9.17, 15) is 0 Å². The highest BCUT2D eigenvalue weighted by Gasteiger charge is 2.21. The highest BCUT2D eigenvalue weighted by molar-refractivity contribution is 6.17. The molecule has 1 saturated heterocycles. The van der Waals surface area contributed by atoms with E-state index in [4.69, 9.17) is 16.3 Å². The van der Waals surface area contributed by atoms with Crippen LogP contribution in [0.2, 0.25) is 0 Å². The summed E-state index contributed by atoms with van der Waals surface area (Å²) in [6.45, 7) is 8.76. The molecule has 1 unspecified atom stereocenters. The number of aromatic nitrogens is 1. The smallest absolute Gasteiger partial charge is 0.133 e. The Morgan fingerprint density at radius 2 is 2.29 bits per heavy atom. The molecule has 1 aromatic heterocycles. The maximum atomic E-state index is 6.05. The van der Waals surface area contributed by atoms with Crippen LogP contribution < -0.4 is 4.90 Å². The molecule has 1 fully saturated rings. The van der Waals surface area contributed by atoms with E-state index in [1.165, 1.54) is 5.56 Å². The third-order valence-electron chi connectivity index (χ3n) is 3.13. The quantitative estimate of drug-likeness (QED) is 0.759. The Bertz CT molecular complexity index is 409. The molecule has 0 aromatic carbocycles. The lowest BCUT2D eigenvalue weighted by atomic mass is 10.1. The summed E-state index contributed by atoms with van der Waals surface area (Å²) in [4.78, 5) is 6.93. The molecule has 0 bridgehead atoms. The zero-order valence-electron chi connectivity index (χ0n) is 10.7. The first-order valence-corrected chi connectivity index (χ1v) is 6.55. The van der Waals surface area contributed by atoms with Gasteiger partial charge in [0, 0.05) is 24.3 Å². The minimum Gasteiger partial charge on any atom is -0.375 e. The van der Waals surface area contributed by atoms with Gasteiger partial charge in [-0.05, 0) is 32.4 Å². The molecule has 3 nitrogen and oxygen atoms in total. The maximum absolute atomic E-state index is 6.05. The molecule has 0 amide bonds. The van der Waals surface area contributed by atoms with Gasteiger partial charge in [0.15, 0.2) is 0 Å². The van der Waals surface area contributed by atoms with Gasteiger partial charge in [0.05, 0.1) is 18.6 Å². The number of pyridine rings is 1. The van der Waals surface area contributed by atoms with Crippen molar-refractivity contribution in [2.45, 2.75) is 32.8 Å². The first kappa shape index (κ1) is 12.7. The van der Waals surface area contributed by atoms with Crippen LogP contribution in [0.1, 0.15) is 23.7 Å². The van der Waals surface area contributed by atoms with Gasteiger partial charge in [-0.25, -0.2) is 4.98 Å². The van der Waals surface area contributed by atoms with Crippen molar-refractivity contribution < 1.29 is 4.74 Å². The Morgan fingerprint density at radius 1 is 1.53 bits per heavy atom. The van der Waals surface area contributed by atoms with Crippen molar-refractivity contribution in [2.24, 2.45) is 0 Å². The zero-order valence-corrected chi connectivity index (χ0v) is 11.4. The molecular weight excluding hydrogens is 236 g/mol. The molecule has 0 spiro atoms. The number of aryl methyl sites for hydroxylation is 2. The topological polar surface area (TPSA) is 25.4 Å². The van der Waals surface area contributed by atoms with Crippen molar-refractivity contribution in [3.8, 4) is 0 Å². The average Bonchev–Trinajstić information content (AvgIpc) is 2.28. The van der Waals surface area contributed by atoms with Gasteiger partial charge in [0.25, 0.3) is 0 Å². The summed E-state index contributed by atoms with van der Waals surface area (Å²) in [5, 5.41) is 0. The fourth-order valence-electron chi connectivity index (χ4n) is 2.28. The van der Waals surface area contributed by atoms with E-state index >= 15 is 0 Å². The summed E-state index contributed by atoms with van der Waals surface area (Å²) in [5.41, 5.74) is 3.42. The summed E-state index contributed by atoms with van der Waals surface area (Å²) in [5.74, 6) is 1.55. The predicted molar refractivity (Wildman–Crippen MR) is 70.9 cm³/mol. The number of hydrogen-bond donors (Lipinski definition) is 0. The van der Waals surface area contributed by atoms with E-state index in [2.05, 4.69) is 29.8 Å². The predicted octanol–water partition coefficient (Wildman–Crippen LogP) is 2.66. The molecule has 4 heteroatoms. The highest BCUT2D eigenvalue weighted by Crippen LogP contribution is 2.25. The highest BCUT2D eigenvalue weighted by atomic mass is 35.5. The summed E-state index contributed by atoms with van der Waals surface area (Å²) >= 11 is 6.05. The largest absolute Gasteiger partial charge is 0.375 e. The van der Waals surface area contributed by atoms with Gasteiger partial charge in [0.2, 0.25) is 0 Å². The van der Waals surface area contributed by atoms with Crippen molar-refractivity contribution >= 4 is 17.4 Å². The van der Waals surface area contributed by atoms with Gasteiger partial charge in [-0.2, -0.15) is 0 Å². The van der Waals surface area contributed by atoms with Crippen molar-refractivity contribution in [1.82, 2.24) is 4.98 Å². The van der Waals surface area contributed by atoms with E-state index < -0.39 is 0 Å². The summed E-state index contributed by atoms with van der Waals surface area (Å²) in [6.07, 6.45) is 0.259. The molecule has 1 aliphatic rings. The Hall–Kier alpha value is -0.800. The SMILES string of the molecule is Cc1cc(C)c(CCl)c(N2CCOC(C)C2)n1. The van der Waals surface area contributed by atoms with Crippen molar-refractivity contribution in [1.29, 1.82) is 0 Å². The number of hydrogen-bond acceptors (Lipinski definition) is 3. The van der Waals surface area contributed by atoms with E-state index in [0.29, 0.717) is 5.88 Å². The molecular formula is C13H19ClN2O. The maximum Gasteiger partial charge on any atom is 0.133 e. The lowest BCUT2D eigenvalue weighted by Crippen LogP contribution is -2.42. The summed E-state index contributed by atoms with van der Waals surface area (Å²) < 4.78 is 5.56. The monoisotopic (exact) mass is 254 g/mol. The first-order valence-electron chi connectivity index (χ1n) is 6.01. The van der Waals surface area contributed by atoms with Gasteiger partial charge in [-0.3, -0.25) is 0 Å². The summed E-state index contributed by atoms with van der Waals surface area (Å²) in [7, 11) is 0. The molecule has 1 aromatic rings. The van der Waals surface area contributed by atoms with E-state index in [-0.39, 0.29) is 6.10 Å². The van der Waals surface area contributed by atoms with Crippen LogP contribution in [0.25, 0.3) is 0 Å². The fraction of sp³-hybridized carbons (Fsp3) is 0.615. The number of nitrogens with zero attached hydrogens (tertiary/aromatic N) is 2. The van der Waals surface area contributed by atoms with Crippen molar-refractivity contribution in [3.63, 3.8) is 0 Å². The molecule has 0 aliphatic carbocycles. The number of morpholine rings is 1. The molecule has 0 N–H and O–H groups in total. The average molecular weight is 255 g/mol. The lowest BCUT2D eigenvalue weighted by Gasteiger charge is -2.33. The lowest BCUT2D eigenvalue weighted by molar-refractivity contribution is 0.0529. The molecule has 1 atom stereocenters. The second-order valence-corrected chi connectivity index (χ2v) is 4.91. The third kappa shape index (κ3) is 2.72. The Kier molecular flexibility index (Phi) is 3.89. The molecule has 17 heavy (non-hydrogen) atoms. The fourth-order valence-corrected chi connectivity index (χ4v) is 2.61. The number of ether oxygens (including phenoxy) is 1. The Morgan fingerprint density at radius 3 is 2.94 bits per heavy atom. The van der Waals surface area contributed by atoms with Crippen LogP contribution in [-0.2, 0) is 10.6 Å². The van der Waals surface area contributed by atoms with Crippen LogP contribution >= 0.6 is 11.6 Å². The number of halogens is 1. The van der Waals surface area contributed by atoms with E-state index in [1.807, 2.05) is 6.92 Å². The second-order valence-electron chi connectivity index (χ2n) is 4.64. The van der Waals surface area contributed by atoms with Crippen LogP contribution in [0.15, 0.2) is 6.07 Å². The Balaban J connectivity index is 2.35. The van der Waals surface area contributed by atoms with Gasteiger partial charge in [0.1, 0.15) is 5.82 Å². The molecule has 1 aliphatic heterocycles. The molecule has 94 valence electrons. The second kappa shape index (κ2) is 5.23. The van der Waals surface area contributed by atoms with Crippen LogP contribution in [0.3, 0.4) is 0 Å². The normalized spacial score (nSPS) is 20.7. The summed E-state index contributed by atoms with van der Waals surface area (Å²) in [6, 6.07) is 2.09. The van der Waals surface area contributed by atoms with Crippen molar-refractivity contribution in [2.75, 3.05) is 24.6 Å². The zero-order chi connectivity index (χ0) is 12.4. The molecule has 0 radical (unpaired) electrons. The van der Waals surface area contributed by atoms with Crippen LogP contribution in [0, 0.1) is 13.8 Å². The number of anilines is 1. The molecule has 0 saturated carbocycles. The van der Waals surface area contributed by atoms with Crippen LogP contribution in [0.4, 0.5) is 5.82 Å². The van der Waals surface area contributed by atoms with Gasteiger partial charge in [-0.15, -0.1) is 11.6 Å². The minimum atomic E-state index is 0.259. The third-order valence-corrected chi connectivity index (χ3v) is 3.40. The van der Waals surface area contributed by atoms with Gasteiger partial charge in [-0.1, -0.05) is 0 Å². The minimum absolute atomic E-state index is 0.259. The van der Waals surface area contributed by atoms with Gasteiger partial charge >= 0.3 is 0 Å². The number of alkyl halides is 1. The van der Waals surface area contributed by atoms with Crippen LogP contribution in [-0.4, -0.2) is 30.8 Å². The Labute approximate surface area is 108 Å². The van der Waals surface area contributed by atoms with E-state index in [0.717, 1.165) is 36.8 Å². The molecule has 2 rings (SSSR count). The number of rotatable bonds is 2. The van der Waals surface area contributed by atoms with E-state index in [1.54, 1.807) is 0 Å². The van der Waals surface area contributed by atoms with Crippen LogP contribution in [0.5, 0.6) is 0 Å². The van der Waals surface area contributed by atoms with Crippen molar-refractivity contribution in [3.05, 3.63) is 22.9 Å². The molecule has 2 heterocycles. The first-order chi connectivity index (χ1) is 8.11.